The third kappa shape index (κ3) is 1.43. The van der Waals surface area contributed by atoms with Gasteiger partial charge in [-0.1, -0.05) is 43.2 Å². The molecule has 1 aliphatic heterocycles. The Hall–Kier alpha value is -1.90. The van der Waals surface area contributed by atoms with Crippen LogP contribution in [0.25, 0.3) is 0 Å². The Kier molecular flexibility index (Phi) is 2.43. The summed E-state index contributed by atoms with van der Waals surface area (Å²) < 4.78 is 0. The molecule has 2 saturated carbocycles. The number of anilines is 1. The van der Waals surface area contributed by atoms with E-state index in [1.54, 1.807) is 11.1 Å². The van der Waals surface area contributed by atoms with Gasteiger partial charge in [-0.15, -0.1) is 0 Å². The molecule has 1 heterocycles. The second-order valence-corrected chi connectivity index (χ2v) is 9.29. The second kappa shape index (κ2) is 4.25. The quantitative estimate of drug-likeness (QED) is 0.445. The number of imide groups is 1. The van der Waals surface area contributed by atoms with Gasteiger partial charge in [0.1, 0.15) is 0 Å². The molecule has 128 valence electrons. The van der Waals surface area contributed by atoms with Crippen LogP contribution in [0, 0.1) is 40.9 Å². The summed E-state index contributed by atoms with van der Waals surface area (Å²) in [4.78, 5) is 28.2. The summed E-state index contributed by atoms with van der Waals surface area (Å²) in [7, 11) is 0. The zero-order chi connectivity index (χ0) is 17.1. The van der Waals surface area contributed by atoms with Crippen molar-refractivity contribution in [2.45, 2.75) is 33.1 Å². The summed E-state index contributed by atoms with van der Waals surface area (Å²) >= 11 is 0. The van der Waals surface area contributed by atoms with E-state index in [0.29, 0.717) is 11.8 Å². The highest BCUT2D eigenvalue weighted by atomic mass is 16.2. The number of carbonyl (C=O) groups excluding carboxylic acids is 2. The van der Waals surface area contributed by atoms with Gasteiger partial charge in [0.05, 0.1) is 17.5 Å². The standard InChI is InChI=1S/C22H23NO2/c1-22(2)18-14-11-8-9-12(10-11)15(14)19(22)17-16(18)20(24)23(21(17)25)13-6-4-3-5-7-13/h3-7,11-12,16-19H,8-10H2,1-2H3/t11-,12-,16-,17+,18-,19-/m0/s1. The number of hydrogen-bond donors (Lipinski definition) is 0. The average Bonchev–Trinajstić information content (AvgIpc) is 3.35. The number of rotatable bonds is 1. The monoisotopic (exact) mass is 333 g/mol. The Labute approximate surface area is 148 Å². The molecule has 0 N–H and O–H groups in total. The Morgan fingerprint density at radius 1 is 0.880 bits per heavy atom. The smallest absolute Gasteiger partial charge is 0.238 e. The summed E-state index contributed by atoms with van der Waals surface area (Å²) in [6.45, 7) is 4.62. The molecule has 0 unspecified atom stereocenters. The molecule has 3 heteroatoms. The normalized spacial score (nSPS) is 42.6. The molecule has 0 aromatic heterocycles. The lowest BCUT2D eigenvalue weighted by Gasteiger charge is -2.32. The minimum atomic E-state index is -0.120. The fourth-order valence-electron chi connectivity index (χ4n) is 7.44. The first-order valence-electron chi connectivity index (χ1n) is 9.68. The molecule has 6 rings (SSSR count). The largest absolute Gasteiger partial charge is 0.274 e. The number of allylic oxidation sites excluding steroid dienone is 2. The highest BCUT2D eigenvalue weighted by Gasteiger charge is 2.73. The number of para-hydroxylation sites is 1. The molecule has 0 radical (unpaired) electrons. The molecule has 1 aromatic rings. The third-order valence-electron chi connectivity index (χ3n) is 8.05. The van der Waals surface area contributed by atoms with Crippen molar-refractivity contribution >= 4 is 17.5 Å². The van der Waals surface area contributed by atoms with E-state index in [4.69, 9.17) is 0 Å². The molecular weight excluding hydrogens is 310 g/mol. The SMILES string of the molecule is CC1(C)[C@H]2C3=C([C@H]4CC[C@H]3C4)[C@H]1[C@H]1C(=O)N(c3ccccc3)C(=O)[C@H]12. The van der Waals surface area contributed by atoms with Crippen LogP contribution in [0.15, 0.2) is 41.5 Å². The van der Waals surface area contributed by atoms with Crippen molar-refractivity contribution in [3.8, 4) is 0 Å². The first-order valence-corrected chi connectivity index (χ1v) is 9.68. The molecule has 4 bridgehead atoms. The maximum absolute atomic E-state index is 13.4. The Bertz CT molecular complexity index is 804. The van der Waals surface area contributed by atoms with Gasteiger partial charge in [-0.3, -0.25) is 14.5 Å². The van der Waals surface area contributed by atoms with Crippen LogP contribution in [0.2, 0.25) is 0 Å². The average molecular weight is 333 g/mol. The van der Waals surface area contributed by atoms with Gasteiger partial charge in [-0.05, 0) is 60.5 Å². The van der Waals surface area contributed by atoms with E-state index in [1.807, 2.05) is 30.3 Å². The van der Waals surface area contributed by atoms with Gasteiger partial charge in [0.15, 0.2) is 0 Å². The zero-order valence-corrected chi connectivity index (χ0v) is 14.7. The van der Waals surface area contributed by atoms with Crippen molar-refractivity contribution in [2.75, 3.05) is 4.90 Å². The van der Waals surface area contributed by atoms with E-state index in [-0.39, 0.29) is 40.9 Å². The van der Waals surface area contributed by atoms with E-state index in [9.17, 15) is 9.59 Å². The summed E-state index contributed by atoms with van der Waals surface area (Å²) in [5, 5.41) is 0. The van der Waals surface area contributed by atoms with Crippen molar-refractivity contribution in [3.05, 3.63) is 41.5 Å². The van der Waals surface area contributed by atoms with E-state index >= 15 is 0 Å². The van der Waals surface area contributed by atoms with Crippen molar-refractivity contribution in [3.63, 3.8) is 0 Å². The lowest BCUT2D eigenvalue weighted by molar-refractivity contribution is -0.124. The lowest BCUT2D eigenvalue weighted by atomic mass is 9.72. The lowest BCUT2D eigenvalue weighted by Crippen LogP contribution is -2.37. The molecule has 5 aliphatic rings. The predicted octanol–water partition coefficient (Wildman–Crippen LogP) is 3.80. The van der Waals surface area contributed by atoms with E-state index in [0.717, 1.165) is 5.69 Å². The molecule has 1 aromatic carbocycles. The number of hydrogen-bond acceptors (Lipinski definition) is 2. The molecule has 0 spiro atoms. The number of carbonyl (C=O) groups is 2. The van der Waals surface area contributed by atoms with Crippen LogP contribution in [-0.4, -0.2) is 11.8 Å². The predicted molar refractivity (Wildman–Crippen MR) is 94.5 cm³/mol. The molecule has 3 fully saturated rings. The molecule has 6 atom stereocenters. The van der Waals surface area contributed by atoms with Crippen molar-refractivity contribution in [1.82, 2.24) is 0 Å². The van der Waals surface area contributed by atoms with E-state index in [1.165, 1.54) is 24.2 Å². The molecule has 25 heavy (non-hydrogen) atoms. The Morgan fingerprint density at radius 2 is 1.40 bits per heavy atom. The van der Waals surface area contributed by atoms with Crippen molar-refractivity contribution < 1.29 is 9.59 Å². The van der Waals surface area contributed by atoms with Crippen LogP contribution in [0.5, 0.6) is 0 Å². The molecule has 2 amide bonds. The Morgan fingerprint density at radius 3 is 1.92 bits per heavy atom. The summed E-state index contributed by atoms with van der Waals surface area (Å²) in [6.07, 6.45) is 3.88. The first-order chi connectivity index (χ1) is 12.0. The van der Waals surface area contributed by atoms with Gasteiger partial charge < -0.3 is 0 Å². The van der Waals surface area contributed by atoms with Gasteiger partial charge in [-0.25, -0.2) is 0 Å². The summed E-state index contributed by atoms with van der Waals surface area (Å²) in [5.74, 6) is 1.84. The minimum Gasteiger partial charge on any atom is -0.274 e. The van der Waals surface area contributed by atoms with Crippen LogP contribution < -0.4 is 4.90 Å². The molecule has 4 aliphatic carbocycles. The fourth-order valence-corrected chi connectivity index (χ4v) is 7.44. The number of fused-ring (bicyclic) bond motifs is 11. The molecule has 1 saturated heterocycles. The van der Waals surface area contributed by atoms with Crippen molar-refractivity contribution in [1.29, 1.82) is 0 Å². The van der Waals surface area contributed by atoms with Crippen LogP contribution in [0.1, 0.15) is 33.1 Å². The number of benzene rings is 1. The zero-order valence-electron chi connectivity index (χ0n) is 14.7. The van der Waals surface area contributed by atoms with Gasteiger partial charge >= 0.3 is 0 Å². The summed E-state index contributed by atoms with van der Waals surface area (Å²) in [6, 6.07) is 9.50. The Balaban J connectivity index is 1.49. The molecular formula is C22H23NO2. The van der Waals surface area contributed by atoms with E-state index < -0.39 is 0 Å². The second-order valence-electron chi connectivity index (χ2n) is 9.29. The van der Waals surface area contributed by atoms with Crippen LogP contribution >= 0.6 is 0 Å². The van der Waals surface area contributed by atoms with Gasteiger partial charge in [0, 0.05) is 0 Å². The van der Waals surface area contributed by atoms with Crippen molar-refractivity contribution in [2.24, 2.45) is 40.9 Å². The number of nitrogens with zero attached hydrogens (tertiary/aromatic N) is 1. The van der Waals surface area contributed by atoms with Gasteiger partial charge in [0.25, 0.3) is 0 Å². The minimum absolute atomic E-state index is 0.0519. The summed E-state index contributed by atoms with van der Waals surface area (Å²) in [5.41, 5.74) is 4.04. The maximum atomic E-state index is 13.4. The topological polar surface area (TPSA) is 37.4 Å². The third-order valence-corrected chi connectivity index (χ3v) is 8.05. The number of amides is 2. The van der Waals surface area contributed by atoms with Crippen LogP contribution in [-0.2, 0) is 9.59 Å². The fraction of sp³-hybridized carbons (Fsp3) is 0.545. The van der Waals surface area contributed by atoms with Gasteiger partial charge in [0.2, 0.25) is 11.8 Å². The molecule has 3 nitrogen and oxygen atoms in total. The van der Waals surface area contributed by atoms with Crippen LogP contribution in [0.4, 0.5) is 5.69 Å². The highest BCUT2D eigenvalue weighted by molar-refractivity contribution is 6.23. The van der Waals surface area contributed by atoms with E-state index in [2.05, 4.69) is 13.8 Å². The maximum Gasteiger partial charge on any atom is 0.238 e. The van der Waals surface area contributed by atoms with Gasteiger partial charge in [-0.2, -0.15) is 0 Å². The first kappa shape index (κ1) is 14.3. The highest BCUT2D eigenvalue weighted by Crippen LogP contribution is 2.74. The van der Waals surface area contributed by atoms with Crippen LogP contribution in [0.3, 0.4) is 0 Å².